The summed E-state index contributed by atoms with van der Waals surface area (Å²) in [5.74, 6) is 0.600. The molecule has 0 saturated carbocycles. The summed E-state index contributed by atoms with van der Waals surface area (Å²) in [6.45, 7) is 0. The summed E-state index contributed by atoms with van der Waals surface area (Å²) in [6.07, 6.45) is 0. The maximum atomic E-state index is 12.1. The van der Waals surface area contributed by atoms with Crippen molar-refractivity contribution in [1.29, 1.82) is 0 Å². The zero-order valence-electron chi connectivity index (χ0n) is 10.8. The van der Waals surface area contributed by atoms with Gasteiger partial charge in [0.1, 0.15) is 11.4 Å². The molecule has 6 nitrogen and oxygen atoms in total. The summed E-state index contributed by atoms with van der Waals surface area (Å²) in [6, 6.07) is 13.4. The Bertz CT molecular complexity index is 660. The molecule has 1 aliphatic heterocycles. The maximum Gasteiger partial charge on any atom is 0.347 e. The number of fused-ring (bicyclic) bond motifs is 1. The number of rotatable bonds is 2. The monoisotopic (exact) mass is 271 g/mol. The number of nitrogens with one attached hydrogen (secondary N) is 1. The lowest BCUT2D eigenvalue weighted by molar-refractivity contribution is 0.221. The van der Waals surface area contributed by atoms with Crippen LogP contribution in [-0.2, 0) is 0 Å². The standard InChI is InChI=1S/C14H13N3O3/c1-20-11-6-4-5-10(9-11)16-14(18)15-12-7-2-3-8-13(12)17(16)19/h2-9,19H,1H3,(H,15,18). The molecular weight excluding hydrogens is 258 g/mol. The molecule has 2 aromatic carbocycles. The third-order valence-corrected chi connectivity index (χ3v) is 3.04. The van der Waals surface area contributed by atoms with E-state index >= 15 is 0 Å². The summed E-state index contributed by atoms with van der Waals surface area (Å²) in [5.41, 5.74) is 1.55. The van der Waals surface area contributed by atoms with Gasteiger partial charge in [-0.1, -0.05) is 18.2 Å². The van der Waals surface area contributed by atoms with E-state index < -0.39 is 6.03 Å². The van der Waals surface area contributed by atoms with Crippen LogP contribution >= 0.6 is 0 Å². The van der Waals surface area contributed by atoms with Gasteiger partial charge in [0.2, 0.25) is 0 Å². The van der Waals surface area contributed by atoms with Crippen LogP contribution in [0.1, 0.15) is 0 Å². The van der Waals surface area contributed by atoms with Crippen molar-refractivity contribution in [3.8, 4) is 5.75 Å². The van der Waals surface area contributed by atoms with Gasteiger partial charge in [0.25, 0.3) is 0 Å². The first-order chi connectivity index (χ1) is 9.70. The number of benzene rings is 2. The van der Waals surface area contributed by atoms with Gasteiger partial charge in [-0.25, -0.2) is 4.79 Å². The molecule has 102 valence electrons. The lowest BCUT2D eigenvalue weighted by Crippen LogP contribution is -2.50. The minimum Gasteiger partial charge on any atom is -0.497 e. The maximum absolute atomic E-state index is 12.1. The Morgan fingerprint density at radius 2 is 1.95 bits per heavy atom. The Morgan fingerprint density at radius 3 is 2.75 bits per heavy atom. The molecular formula is C14H13N3O3. The molecule has 0 aromatic heterocycles. The van der Waals surface area contributed by atoms with Crippen molar-refractivity contribution in [3.63, 3.8) is 0 Å². The van der Waals surface area contributed by atoms with E-state index in [9.17, 15) is 10.0 Å². The number of hydrazine groups is 1. The number of nitrogens with zero attached hydrogens (tertiary/aromatic N) is 2. The highest BCUT2D eigenvalue weighted by molar-refractivity contribution is 6.08. The zero-order valence-corrected chi connectivity index (χ0v) is 10.8. The predicted molar refractivity (Wildman–Crippen MR) is 75.2 cm³/mol. The second-order valence-corrected chi connectivity index (χ2v) is 4.25. The Labute approximate surface area is 115 Å². The normalized spacial score (nSPS) is 13.8. The molecule has 0 unspecified atom stereocenters. The van der Waals surface area contributed by atoms with E-state index in [2.05, 4.69) is 5.32 Å². The van der Waals surface area contributed by atoms with Crippen molar-refractivity contribution >= 4 is 23.1 Å². The van der Waals surface area contributed by atoms with Crippen LogP contribution in [0.15, 0.2) is 48.5 Å². The van der Waals surface area contributed by atoms with Crippen LogP contribution in [0.5, 0.6) is 5.75 Å². The van der Waals surface area contributed by atoms with E-state index in [4.69, 9.17) is 4.74 Å². The minimum absolute atomic E-state index is 0.445. The molecule has 0 aliphatic carbocycles. The van der Waals surface area contributed by atoms with Gasteiger partial charge in [0.05, 0.1) is 18.5 Å². The summed E-state index contributed by atoms with van der Waals surface area (Å²) < 4.78 is 5.13. The lowest BCUT2D eigenvalue weighted by Gasteiger charge is -2.36. The van der Waals surface area contributed by atoms with Crippen LogP contribution in [-0.4, -0.2) is 18.3 Å². The van der Waals surface area contributed by atoms with E-state index in [0.717, 1.165) is 10.2 Å². The number of methoxy groups -OCH3 is 1. The number of ether oxygens (including phenoxy) is 1. The number of amides is 2. The third kappa shape index (κ3) is 1.92. The van der Waals surface area contributed by atoms with Crippen molar-refractivity contribution in [2.45, 2.75) is 0 Å². The van der Waals surface area contributed by atoms with Crippen LogP contribution in [0, 0.1) is 0 Å². The van der Waals surface area contributed by atoms with Gasteiger partial charge in [0, 0.05) is 6.07 Å². The average molecular weight is 271 g/mol. The number of anilines is 3. The van der Waals surface area contributed by atoms with E-state index in [1.807, 2.05) is 0 Å². The van der Waals surface area contributed by atoms with E-state index in [0.29, 0.717) is 22.8 Å². The van der Waals surface area contributed by atoms with Crippen LogP contribution in [0.3, 0.4) is 0 Å². The van der Waals surface area contributed by atoms with Crippen molar-refractivity contribution in [1.82, 2.24) is 0 Å². The largest absolute Gasteiger partial charge is 0.497 e. The zero-order chi connectivity index (χ0) is 14.1. The number of carbonyl (C=O) groups is 1. The lowest BCUT2D eigenvalue weighted by atomic mass is 10.2. The molecule has 1 heterocycles. The molecule has 2 amide bonds. The second kappa shape index (κ2) is 4.75. The molecule has 0 atom stereocenters. The molecule has 0 fully saturated rings. The van der Waals surface area contributed by atoms with Crippen molar-refractivity contribution in [2.75, 3.05) is 22.6 Å². The van der Waals surface area contributed by atoms with Gasteiger partial charge < -0.3 is 10.1 Å². The highest BCUT2D eigenvalue weighted by Crippen LogP contribution is 2.33. The van der Waals surface area contributed by atoms with Gasteiger partial charge in [0.15, 0.2) is 0 Å². The minimum atomic E-state index is -0.445. The smallest absolute Gasteiger partial charge is 0.347 e. The first-order valence-corrected chi connectivity index (χ1v) is 6.04. The highest BCUT2D eigenvalue weighted by atomic mass is 16.6. The van der Waals surface area contributed by atoms with Gasteiger partial charge in [-0.2, -0.15) is 10.2 Å². The highest BCUT2D eigenvalue weighted by Gasteiger charge is 2.30. The summed E-state index contributed by atoms with van der Waals surface area (Å²) >= 11 is 0. The number of hydrogen-bond donors (Lipinski definition) is 2. The van der Waals surface area contributed by atoms with E-state index in [1.165, 1.54) is 0 Å². The number of para-hydroxylation sites is 2. The van der Waals surface area contributed by atoms with Crippen molar-refractivity contribution < 1.29 is 14.7 Å². The molecule has 2 N–H and O–H groups in total. The van der Waals surface area contributed by atoms with Gasteiger partial charge in [-0.15, -0.1) is 0 Å². The van der Waals surface area contributed by atoms with Gasteiger partial charge in [-0.05, 0) is 24.3 Å². The Kier molecular flexibility index (Phi) is 2.92. The third-order valence-electron chi connectivity index (χ3n) is 3.04. The second-order valence-electron chi connectivity index (χ2n) is 4.25. The summed E-state index contributed by atoms with van der Waals surface area (Å²) in [4.78, 5) is 12.1. The average Bonchev–Trinajstić information content (AvgIpc) is 2.47. The van der Waals surface area contributed by atoms with Crippen molar-refractivity contribution in [3.05, 3.63) is 48.5 Å². The summed E-state index contributed by atoms with van der Waals surface area (Å²) in [5, 5.41) is 14.9. The molecule has 0 spiro atoms. The molecule has 3 rings (SSSR count). The first-order valence-electron chi connectivity index (χ1n) is 6.04. The van der Waals surface area contributed by atoms with Gasteiger partial charge >= 0.3 is 6.03 Å². The Balaban J connectivity index is 2.04. The van der Waals surface area contributed by atoms with E-state index in [1.54, 1.807) is 55.6 Å². The molecule has 0 bridgehead atoms. The van der Waals surface area contributed by atoms with E-state index in [-0.39, 0.29) is 0 Å². The molecule has 1 aliphatic rings. The van der Waals surface area contributed by atoms with Crippen LogP contribution in [0.25, 0.3) is 0 Å². The topological polar surface area (TPSA) is 65.0 Å². The molecule has 20 heavy (non-hydrogen) atoms. The predicted octanol–water partition coefficient (Wildman–Crippen LogP) is 2.86. The van der Waals surface area contributed by atoms with Crippen LogP contribution < -0.4 is 20.2 Å². The molecule has 6 heteroatoms. The fourth-order valence-corrected chi connectivity index (χ4v) is 2.08. The SMILES string of the molecule is COc1cccc(N2C(=O)Nc3ccccc3N2O)c1. The summed E-state index contributed by atoms with van der Waals surface area (Å²) in [7, 11) is 1.54. The quantitative estimate of drug-likeness (QED) is 0.881. The first kappa shape index (κ1) is 12.3. The molecule has 0 radical (unpaired) electrons. The number of hydrogen-bond acceptors (Lipinski definition) is 4. The Morgan fingerprint density at radius 1 is 1.15 bits per heavy atom. The van der Waals surface area contributed by atoms with Crippen LogP contribution in [0.4, 0.5) is 21.9 Å². The fraction of sp³-hybridized carbons (Fsp3) is 0.0714. The molecule has 2 aromatic rings. The fourth-order valence-electron chi connectivity index (χ4n) is 2.08. The van der Waals surface area contributed by atoms with Crippen molar-refractivity contribution in [2.24, 2.45) is 0 Å². The number of urea groups is 1. The molecule has 0 saturated heterocycles. The van der Waals surface area contributed by atoms with Crippen LogP contribution in [0.2, 0.25) is 0 Å². The van der Waals surface area contributed by atoms with Gasteiger partial charge in [-0.3, -0.25) is 5.21 Å². The number of carbonyl (C=O) groups excluding carboxylic acids is 1. The Hall–Kier alpha value is -2.73.